The van der Waals surface area contributed by atoms with Crippen molar-refractivity contribution in [3.05, 3.63) is 0 Å². The SMILES string of the molecule is CCC1C(=O)NC(=O)CC12CCN1CCC2C1. The molecule has 0 aliphatic carbocycles. The van der Waals surface area contributed by atoms with Crippen LogP contribution in [0.2, 0.25) is 0 Å². The van der Waals surface area contributed by atoms with Crippen molar-refractivity contribution < 1.29 is 9.59 Å². The average molecular weight is 236 g/mol. The van der Waals surface area contributed by atoms with Crippen molar-refractivity contribution in [2.24, 2.45) is 17.3 Å². The van der Waals surface area contributed by atoms with Crippen molar-refractivity contribution in [2.45, 2.75) is 32.6 Å². The normalized spacial score (nSPS) is 45.1. The molecule has 4 heteroatoms. The molecule has 4 atom stereocenters. The lowest BCUT2D eigenvalue weighted by molar-refractivity contribution is -0.148. The smallest absolute Gasteiger partial charge is 0.230 e. The molecule has 2 bridgehead atoms. The van der Waals surface area contributed by atoms with E-state index >= 15 is 0 Å². The highest BCUT2D eigenvalue weighted by molar-refractivity contribution is 5.99. The first-order chi connectivity index (χ1) is 8.15. The Hall–Kier alpha value is -0.900. The first kappa shape index (κ1) is 11.2. The zero-order valence-corrected chi connectivity index (χ0v) is 10.4. The van der Waals surface area contributed by atoms with Crippen LogP contribution in [-0.4, -0.2) is 36.3 Å². The second kappa shape index (κ2) is 3.80. The summed E-state index contributed by atoms with van der Waals surface area (Å²) in [5.74, 6) is 0.519. The lowest BCUT2D eigenvalue weighted by Gasteiger charge is -2.49. The molecule has 3 rings (SSSR count). The Morgan fingerprint density at radius 3 is 3.00 bits per heavy atom. The molecule has 3 aliphatic heterocycles. The van der Waals surface area contributed by atoms with Gasteiger partial charge in [-0.05, 0) is 43.7 Å². The molecule has 94 valence electrons. The van der Waals surface area contributed by atoms with E-state index in [1.54, 1.807) is 0 Å². The Morgan fingerprint density at radius 2 is 2.24 bits per heavy atom. The Morgan fingerprint density at radius 1 is 1.41 bits per heavy atom. The van der Waals surface area contributed by atoms with Crippen molar-refractivity contribution in [1.29, 1.82) is 0 Å². The van der Waals surface area contributed by atoms with E-state index in [1.807, 2.05) is 0 Å². The third kappa shape index (κ3) is 1.53. The van der Waals surface area contributed by atoms with Crippen molar-refractivity contribution in [3.63, 3.8) is 0 Å². The lowest BCUT2D eigenvalue weighted by Crippen LogP contribution is -2.57. The van der Waals surface area contributed by atoms with Crippen LogP contribution >= 0.6 is 0 Å². The molecule has 4 nitrogen and oxygen atoms in total. The van der Waals surface area contributed by atoms with E-state index in [1.165, 1.54) is 0 Å². The van der Waals surface area contributed by atoms with Gasteiger partial charge < -0.3 is 4.90 Å². The molecule has 3 fully saturated rings. The van der Waals surface area contributed by atoms with Gasteiger partial charge in [-0.25, -0.2) is 0 Å². The van der Waals surface area contributed by atoms with Gasteiger partial charge in [0.2, 0.25) is 11.8 Å². The van der Waals surface area contributed by atoms with Crippen LogP contribution in [-0.2, 0) is 9.59 Å². The van der Waals surface area contributed by atoms with Crippen LogP contribution in [0.1, 0.15) is 32.6 Å². The predicted molar refractivity (Wildman–Crippen MR) is 63.1 cm³/mol. The third-order valence-corrected chi connectivity index (χ3v) is 5.15. The zero-order valence-electron chi connectivity index (χ0n) is 10.4. The lowest BCUT2D eigenvalue weighted by atomic mass is 9.58. The highest BCUT2D eigenvalue weighted by Crippen LogP contribution is 2.52. The molecule has 17 heavy (non-hydrogen) atoms. The molecular weight excluding hydrogens is 216 g/mol. The van der Waals surface area contributed by atoms with Crippen molar-refractivity contribution >= 4 is 11.8 Å². The van der Waals surface area contributed by atoms with E-state index in [0.29, 0.717) is 12.3 Å². The average Bonchev–Trinajstić information content (AvgIpc) is 2.69. The maximum atomic E-state index is 12.0. The molecule has 2 amide bonds. The minimum Gasteiger partial charge on any atom is -0.303 e. The van der Waals surface area contributed by atoms with Crippen LogP contribution in [0, 0.1) is 17.3 Å². The number of fused-ring (bicyclic) bond motifs is 3. The number of carbonyl (C=O) groups is 2. The van der Waals surface area contributed by atoms with Crippen molar-refractivity contribution in [3.8, 4) is 0 Å². The summed E-state index contributed by atoms with van der Waals surface area (Å²) in [7, 11) is 0. The highest BCUT2D eigenvalue weighted by atomic mass is 16.2. The van der Waals surface area contributed by atoms with E-state index in [0.717, 1.165) is 38.9 Å². The number of hydrogen-bond acceptors (Lipinski definition) is 3. The third-order valence-electron chi connectivity index (χ3n) is 5.15. The second-order valence-electron chi connectivity index (χ2n) is 5.82. The van der Waals surface area contributed by atoms with E-state index in [-0.39, 0.29) is 23.1 Å². The molecule has 3 aliphatic rings. The van der Waals surface area contributed by atoms with Crippen LogP contribution < -0.4 is 5.32 Å². The molecule has 1 N–H and O–H groups in total. The fourth-order valence-corrected chi connectivity index (χ4v) is 4.31. The number of nitrogens with zero attached hydrogens (tertiary/aromatic N) is 1. The van der Waals surface area contributed by atoms with Gasteiger partial charge in [0.25, 0.3) is 0 Å². The minimum atomic E-state index is -0.0555. The number of nitrogens with one attached hydrogen (secondary N) is 1. The quantitative estimate of drug-likeness (QED) is 0.684. The fraction of sp³-hybridized carbons (Fsp3) is 0.846. The Balaban J connectivity index is 1.96. The van der Waals surface area contributed by atoms with Gasteiger partial charge in [0.1, 0.15) is 0 Å². The number of piperidine rings is 2. The van der Waals surface area contributed by atoms with Crippen molar-refractivity contribution in [1.82, 2.24) is 10.2 Å². The van der Waals surface area contributed by atoms with Gasteiger partial charge in [-0.15, -0.1) is 0 Å². The van der Waals surface area contributed by atoms with Gasteiger partial charge >= 0.3 is 0 Å². The van der Waals surface area contributed by atoms with Crippen molar-refractivity contribution in [2.75, 3.05) is 19.6 Å². The van der Waals surface area contributed by atoms with Gasteiger partial charge in [0.05, 0.1) is 0 Å². The summed E-state index contributed by atoms with van der Waals surface area (Å²) in [6.07, 6.45) is 3.61. The molecule has 4 unspecified atom stereocenters. The monoisotopic (exact) mass is 236 g/mol. The van der Waals surface area contributed by atoms with E-state index < -0.39 is 0 Å². The zero-order chi connectivity index (χ0) is 12.0. The Labute approximate surface area is 102 Å². The van der Waals surface area contributed by atoms with E-state index in [9.17, 15) is 9.59 Å². The van der Waals surface area contributed by atoms with Gasteiger partial charge in [0.15, 0.2) is 0 Å². The van der Waals surface area contributed by atoms with Crippen LogP contribution in [0.4, 0.5) is 0 Å². The summed E-state index contributed by atoms with van der Waals surface area (Å²) < 4.78 is 0. The highest BCUT2D eigenvalue weighted by Gasteiger charge is 2.55. The standard InChI is InChI=1S/C13H20N2O2/c1-2-10-12(17)14-11(16)7-13(10)4-6-15-5-3-9(13)8-15/h9-10H,2-8H2,1H3,(H,14,16,17). The van der Waals surface area contributed by atoms with Crippen LogP contribution in [0.3, 0.4) is 0 Å². The number of amides is 2. The molecule has 0 aromatic carbocycles. The number of carbonyl (C=O) groups excluding carboxylic acids is 2. The second-order valence-corrected chi connectivity index (χ2v) is 5.82. The number of imide groups is 1. The number of rotatable bonds is 1. The fourth-order valence-electron chi connectivity index (χ4n) is 4.31. The minimum absolute atomic E-state index is 0.0240. The predicted octanol–water partition coefficient (Wildman–Crippen LogP) is 0.771. The van der Waals surface area contributed by atoms with Crippen LogP contribution in [0.25, 0.3) is 0 Å². The molecule has 0 saturated carbocycles. The summed E-state index contributed by atoms with van der Waals surface area (Å²) in [6, 6.07) is 0. The summed E-state index contributed by atoms with van der Waals surface area (Å²) in [5.41, 5.74) is -0.0266. The van der Waals surface area contributed by atoms with Gasteiger partial charge in [-0.1, -0.05) is 6.92 Å². The molecule has 3 heterocycles. The van der Waals surface area contributed by atoms with Gasteiger partial charge in [-0.3, -0.25) is 14.9 Å². The first-order valence-electron chi connectivity index (χ1n) is 6.72. The first-order valence-corrected chi connectivity index (χ1v) is 6.72. The molecule has 3 saturated heterocycles. The molecule has 0 aromatic heterocycles. The summed E-state index contributed by atoms with van der Waals surface area (Å²) >= 11 is 0. The van der Waals surface area contributed by atoms with Gasteiger partial charge in [0, 0.05) is 18.9 Å². The molecule has 1 spiro atoms. The molecular formula is C13H20N2O2. The van der Waals surface area contributed by atoms with Crippen LogP contribution in [0.15, 0.2) is 0 Å². The largest absolute Gasteiger partial charge is 0.303 e. The summed E-state index contributed by atoms with van der Waals surface area (Å²) in [6.45, 7) is 5.38. The summed E-state index contributed by atoms with van der Waals surface area (Å²) in [5, 5.41) is 2.52. The number of hydrogen-bond donors (Lipinski definition) is 1. The van der Waals surface area contributed by atoms with Gasteiger partial charge in [-0.2, -0.15) is 0 Å². The van der Waals surface area contributed by atoms with E-state index in [2.05, 4.69) is 17.1 Å². The molecule has 0 aromatic rings. The van der Waals surface area contributed by atoms with E-state index in [4.69, 9.17) is 0 Å². The van der Waals surface area contributed by atoms with Crippen LogP contribution in [0.5, 0.6) is 0 Å². The Bertz CT molecular complexity index is 368. The summed E-state index contributed by atoms with van der Waals surface area (Å²) in [4.78, 5) is 26.2. The molecule has 0 radical (unpaired) electrons. The Kier molecular flexibility index (Phi) is 2.51. The topological polar surface area (TPSA) is 49.4 Å². The maximum Gasteiger partial charge on any atom is 0.230 e. The maximum absolute atomic E-state index is 12.0.